The maximum absolute atomic E-state index is 10.1. The van der Waals surface area contributed by atoms with Crippen molar-refractivity contribution in [1.29, 1.82) is 0 Å². The maximum atomic E-state index is 10.1. The molecule has 1 aliphatic heterocycles. The molecule has 4 rings (SSSR count). The summed E-state index contributed by atoms with van der Waals surface area (Å²) in [5, 5.41) is 10.1. The average Bonchev–Trinajstić information content (AvgIpc) is 2.76. The van der Waals surface area contributed by atoms with Crippen LogP contribution in [0.3, 0.4) is 0 Å². The number of hydrogen-bond acceptors (Lipinski definition) is 3. The zero-order valence-electron chi connectivity index (χ0n) is 19.0. The minimum atomic E-state index is 0.141. The van der Waals surface area contributed by atoms with Gasteiger partial charge in [-0.25, -0.2) is 0 Å². The summed E-state index contributed by atoms with van der Waals surface area (Å²) >= 11 is 0. The molecule has 3 aromatic carbocycles. The van der Waals surface area contributed by atoms with Crippen LogP contribution in [0.25, 0.3) is 0 Å². The van der Waals surface area contributed by atoms with Crippen molar-refractivity contribution in [1.82, 2.24) is 9.80 Å². The number of rotatable bonds is 5. The standard InChI is InChI=1S/C28H34N2O/c1-28(2,3)25-14-12-23(13-15-25)27(24-10-7-11-26(31)20-24)30-18-16-29(17-19-30)21-22-8-5-4-6-9-22/h4-15,20,27,31H,16-19,21H2,1-3H3/t27-/m1/s1. The Hall–Kier alpha value is -2.62. The van der Waals surface area contributed by atoms with Crippen LogP contribution in [-0.2, 0) is 12.0 Å². The fourth-order valence-corrected chi connectivity index (χ4v) is 4.50. The molecule has 31 heavy (non-hydrogen) atoms. The first-order chi connectivity index (χ1) is 14.9. The van der Waals surface area contributed by atoms with E-state index in [1.54, 1.807) is 6.07 Å². The quantitative estimate of drug-likeness (QED) is 0.589. The second-order valence-electron chi connectivity index (χ2n) is 9.67. The summed E-state index contributed by atoms with van der Waals surface area (Å²) in [5.41, 5.74) is 5.30. The van der Waals surface area contributed by atoms with E-state index in [4.69, 9.17) is 0 Å². The summed E-state index contributed by atoms with van der Waals surface area (Å²) in [5.74, 6) is 0.330. The predicted molar refractivity (Wildman–Crippen MR) is 128 cm³/mol. The van der Waals surface area contributed by atoms with Gasteiger partial charge in [0.25, 0.3) is 0 Å². The molecule has 0 unspecified atom stereocenters. The highest BCUT2D eigenvalue weighted by Gasteiger charge is 2.27. The van der Waals surface area contributed by atoms with E-state index >= 15 is 0 Å². The zero-order chi connectivity index (χ0) is 21.8. The average molecular weight is 415 g/mol. The van der Waals surface area contributed by atoms with Crippen LogP contribution in [0, 0.1) is 0 Å². The third-order valence-corrected chi connectivity index (χ3v) is 6.30. The van der Waals surface area contributed by atoms with Crippen molar-refractivity contribution in [2.75, 3.05) is 26.2 Å². The van der Waals surface area contributed by atoms with Crippen LogP contribution < -0.4 is 0 Å². The topological polar surface area (TPSA) is 26.7 Å². The van der Waals surface area contributed by atoms with Gasteiger partial charge in [-0.1, -0.05) is 87.5 Å². The van der Waals surface area contributed by atoms with Crippen molar-refractivity contribution < 1.29 is 5.11 Å². The number of hydrogen-bond donors (Lipinski definition) is 1. The van der Waals surface area contributed by atoms with Crippen molar-refractivity contribution >= 4 is 0 Å². The zero-order valence-corrected chi connectivity index (χ0v) is 19.0. The van der Waals surface area contributed by atoms with Gasteiger partial charge in [-0.2, -0.15) is 0 Å². The molecular formula is C28H34N2O. The number of phenolic OH excluding ortho intramolecular Hbond substituents is 1. The monoisotopic (exact) mass is 414 g/mol. The van der Waals surface area contributed by atoms with Crippen molar-refractivity contribution in [2.45, 2.75) is 38.8 Å². The Labute approximate surface area is 187 Å². The van der Waals surface area contributed by atoms with Crippen molar-refractivity contribution in [3.63, 3.8) is 0 Å². The van der Waals surface area contributed by atoms with Crippen LogP contribution >= 0.6 is 0 Å². The number of phenols is 1. The summed E-state index contributed by atoms with van der Waals surface area (Å²) < 4.78 is 0. The first-order valence-corrected chi connectivity index (χ1v) is 11.3. The maximum Gasteiger partial charge on any atom is 0.115 e. The summed E-state index contributed by atoms with van der Waals surface area (Å²) in [6.07, 6.45) is 0. The third kappa shape index (κ3) is 5.36. The van der Waals surface area contributed by atoms with Crippen LogP contribution in [0.4, 0.5) is 0 Å². The van der Waals surface area contributed by atoms with Crippen LogP contribution in [0.1, 0.15) is 49.1 Å². The summed E-state index contributed by atoms with van der Waals surface area (Å²) in [6.45, 7) is 11.9. The summed E-state index contributed by atoms with van der Waals surface area (Å²) in [4.78, 5) is 5.09. The van der Waals surface area contributed by atoms with Crippen LogP contribution in [0.2, 0.25) is 0 Å². The molecule has 0 saturated carbocycles. The van der Waals surface area contributed by atoms with Crippen molar-refractivity contribution in [3.8, 4) is 5.75 Å². The molecule has 1 N–H and O–H groups in total. The van der Waals surface area contributed by atoms with E-state index in [1.165, 1.54) is 16.7 Å². The number of piperazine rings is 1. The highest BCUT2D eigenvalue weighted by atomic mass is 16.3. The summed E-state index contributed by atoms with van der Waals surface area (Å²) in [7, 11) is 0. The molecule has 0 amide bonds. The molecule has 0 aromatic heterocycles. The molecule has 1 atom stereocenters. The van der Waals surface area contributed by atoms with E-state index < -0.39 is 0 Å². The molecule has 162 valence electrons. The Bertz CT molecular complexity index is 968. The Morgan fingerprint density at radius 1 is 0.774 bits per heavy atom. The fourth-order valence-electron chi connectivity index (χ4n) is 4.50. The molecule has 1 fully saturated rings. The lowest BCUT2D eigenvalue weighted by Gasteiger charge is -2.40. The Morgan fingerprint density at radius 2 is 1.45 bits per heavy atom. The van der Waals surface area contributed by atoms with Gasteiger partial charge in [0.05, 0.1) is 6.04 Å². The molecule has 0 spiro atoms. The first-order valence-electron chi connectivity index (χ1n) is 11.3. The molecule has 0 radical (unpaired) electrons. The van der Waals surface area contributed by atoms with E-state index in [9.17, 15) is 5.11 Å². The largest absolute Gasteiger partial charge is 0.508 e. The number of aromatic hydroxyl groups is 1. The Balaban J connectivity index is 1.54. The number of nitrogens with zero attached hydrogens (tertiary/aromatic N) is 2. The number of benzene rings is 3. The highest BCUT2D eigenvalue weighted by Crippen LogP contribution is 2.33. The Morgan fingerprint density at radius 3 is 2.06 bits per heavy atom. The van der Waals surface area contributed by atoms with Crippen molar-refractivity contribution in [3.05, 3.63) is 101 Å². The SMILES string of the molecule is CC(C)(C)c1ccc([C@H](c2cccc(O)c2)N2CCN(Cc3ccccc3)CC2)cc1. The minimum Gasteiger partial charge on any atom is -0.508 e. The van der Waals surface area contributed by atoms with Gasteiger partial charge in [-0.05, 0) is 39.8 Å². The molecule has 3 nitrogen and oxygen atoms in total. The lowest BCUT2D eigenvalue weighted by Crippen LogP contribution is -2.47. The predicted octanol–water partition coefficient (Wildman–Crippen LogP) is 5.60. The van der Waals surface area contributed by atoms with Gasteiger partial charge in [0, 0.05) is 32.7 Å². The van der Waals surface area contributed by atoms with Gasteiger partial charge in [-0.15, -0.1) is 0 Å². The first kappa shape index (κ1) is 21.6. The van der Waals surface area contributed by atoms with Gasteiger partial charge >= 0.3 is 0 Å². The highest BCUT2D eigenvalue weighted by molar-refractivity contribution is 5.38. The van der Waals surface area contributed by atoms with E-state index in [0.29, 0.717) is 5.75 Å². The second-order valence-corrected chi connectivity index (χ2v) is 9.67. The molecule has 3 aromatic rings. The van der Waals surface area contributed by atoms with Crippen LogP contribution in [-0.4, -0.2) is 41.1 Å². The van der Waals surface area contributed by atoms with E-state index in [-0.39, 0.29) is 11.5 Å². The third-order valence-electron chi connectivity index (χ3n) is 6.30. The van der Waals surface area contributed by atoms with Gasteiger partial charge in [-0.3, -0.25) is 9.80 Å². The smallest absolute Gasteiger partial charge is 0.115 e. The normalized spacial score (nSPS) is 16.9. The van der Waals surface area contributed by atoms with Gasteiger partial charge in [0.1, 0.15) is 5.75 Å². The minimum absolute atomic E-state index is 0.141. The van der Waals surface area contributed by atoms with E-state index in [0.717, 1.165) is 38.3 Å². The molecule has 1 heterocycles. The molecule has 0 aliphatic carbocycles. The molecular weight excluding hydrogens is 380 g/mol. The fraction of sp³-hybridized carbons (Fsp3) is 0.357. The molecule has 1 saturated heterocycles. The molecule has 3 heteroatoms. The van der Waals surface area contributed by atoms with Gasteiger partial charge in [0.2, 0.25) is 0 Å². The van der Waals surface area contributed by atoms with Gasteiger partial charge in [0.15, 0.2) is 0 Å². The van der Waals surface area contributed by atoms with Gasteiger partial charge < -0.3 is 5.11 Å². The van der Waals surface area contributed by atoms with E-state index in [1.807, 2.05) is 12.1 Å². The van der Waals surface area contributed by atoms with Crippen LogP contribution in [0.15, 0.2) is 78.9 Å². The second kappa shape index (κ2) is 9.25. The van der Waals surface area contributed by atoms with Crippen molar-refractivity contribution in [2.24, 2.45) is 0 Å². The van der Waals surface area contributed by atoms with E-state index in [2.05, 4.69) is 91.2 Å². The lowest BCUT2D eigenvalue weighted by molar-refractivity contribution is 0.105. The molecule has 0 bridgehead atoms. The molecule has 1 aliphatic rings. The lowest BCUT2D eigenvalue weighted by atomic mass is 9.85. The Kier molecular flexibility index (Phi) is 6.45. The van der Waals surface area contributed by atoms with Crippen LogP contribution in [0.5, 0.6) is 5.75 Å². The summed E-state index contributed by atoms with van der Waals surface area (Å²) in [6, 6.07) is 27.7.